The number of hydrogen-bond acceptors (Lipinski definition) is 3. The first-order chi connectivity index (χ1) is 6.52. The fourth-order valence-corrected chi connectivity index (χ4v) is 0.880. The van der Waals surface area contributed by atoms with E-state index in [9.17, 15) is 4.79 Å². The maximum Gasteiger partial charge on any atom is 0.224 e. The van der Waals surface area contributed by atoms with Gasteiger partial charge in [0.05, 0.1) is 5.41 Å². The summed E-state index contributed by atoms with van der Waals surface area (Å²) in [5.41, 5.74) is 5.64. The minimum atomic E-state index is -0.538. The predicted octanol–water partition coefficient (Wildman–Crippen LogP) is 1.00. The lowest BCUT2D eigenvalue weighted by Gasteiger charge is -2.21. The summed E-state index contributed by atoms with van der Waals surface area (Å²) in [6.45, 7) is 4.14. The van der Waals surface area contributed by atoms with E-state index in [0.29, 0.717) is 6.54 Å². The zero-order chi connectivity index (χ0) is 10.6. The number of rotatable bonds is 4. The number of pyridine rings is 1. The van der Waals surface area contributed by atoms with Crippen LogP contribution in [-0.4, -0.2) is 17.4 Å². The van der Waals surface area contributed by atoms with Crippen molar-refractivity contribution >= 4 is 11.6 Å². The van der Waals surface area contributed by atoms with Crippen molar-refractivity contribution in [3.8, 4) is 0 Å². The van der Waals surface area contributed by atoms with Gasteiger partial charge in [0.1, 0.15) is 0 Å². The molecule has 1 heterocycles. The Hall–Kier alpha value is -1.58. The number of anilines is 1. The SMILES string of the molecule is CC(C)(CNc1ccncc1)C(N)=O. The molecule has 0 aromatic carbocycles. The van der Waals surface area contributed by atoms with Crippen molar-refractivity contribution in [2.75, 3.05) is 11.9 Å². The average Bonchev–Trinajstić information content (AvgIpc) is 2.16. The van der Waals surface area contributed by atoms with Gasteiger partial charge < -0.3 is 11.1 Å². The highest BCUT2D eigenvalue weighted by Crippen LogP contribution is 2.15. The summed E-state index contributed by atoms with van der Waals surface area (Å²) in [7, 11) is 0. The van der Waals surface area contributed by atoms with Gasteiger partial charge in [-0.1, -0.05) is 0 Å². The number of aromatic nitrogens is 1. The van der Waals surface area contributed by atoms with E-state index in [1.807, 2.05) is 26.0 Å². The van der Waals surface area contributed by atoms with E-state index in [4.69, 9.17) is 5.73 Å². The van der Waals surface area contributed by atoms with Crippen molar-refractivity contribution in [2.45, 2.75) is 13.8 Å². The molecule has 1 amide bonds. The third-order valence-electron chi connectivity index (χ3n) is 2.08. The molecule has 0 saturated heterocycles. The van der Waals surface area contributed by atoms with Gasteiger partial charge in [-0.25, -0.2) is 0 Å². The van der Waals surface area contributed by atoms with Crippen molar-refractivity contribution < 1.29 is 4.79 Å². The smallest absolute Gasteiger partial charge is 0.224 e. The number of nitrogens with zero attached hydrogens (tertiary/aromatic N) is 1. The minimum Gasteiger partial charge on any atom is -0.384 e. The summed E-state index contributed by atoms with van der Waals surface area (Å²) in [6, 6.07) is 3.69. The molecule has 0 radical (unpaired) electrons. The van der Waals surface area contributed by atoms with E-state index < -0.39 is 5.41 Å². The van der Waals surface area contributed by atoms with Gasteiger partial charge >= 0.3 is 0 Å². The summed E-state index contributed by atoms with van der Waals surface area (Å²) in [5, 5.41) is 3.13. The molecule has 1 aromatic rings. The fourth-order valence-electron chi connectivity index (χ4n) is 0.880. The number of nitrogens with two attached hydrogens (primary N) is 1. The van der Waals surface area contributed by atoms with Crippen LogP contribution in [0.4, 0.5) is 5.69 Å². The van der Waals surface area contributed by atoms with Gasteiger partial charge in [0.15, 0.2) is 0 Å². The number of primary amides is 1. The van der Waals surface area contributed by atoms with Crippen LogP contribution in [0.25, 0.3) is 0 Å². The predicted molar refractivity (Wildman–Crippen MR) is 55.7 cm³/mol. The van der Waals surface area contributed by atoms with E-state index in [0.717, 1.165) is 5.69 Å². The highest BCUT2D eigenvalue weighted by Gasteiger charge is 2.24. The molecule has 1 aromatic heterocycles. The van der Waals surface area contributed by atoms with Crippen LogP contribution >= 0.6 is 0 Å². The zero-order valence-corrected chi connectivity index (χ0v) is 8.45. The van der Waals surface area contributed by atoms with Crippen LogP contribution < -0.4 is 11.1 Å². The quantitative estimate of drug-likeness (QED) is 0.749. The summed E-state index contributed by atoms with van der Waals surface area (Å²) in [4.78, 5) is 14.9. The summed E-state index contributed by atoms with van der Waals surface area (Å²) in [5.74, 6) is -0.306. The van der Waals surface area contributed by atoms with Crippen LogP contribution in [-0.2, 0) is 4.79 Å². The largest absolute Gasteiger partial charge is 0.384 e. The van der Waals surface area contributed by atoms with Gasteiger partial charge in [-0.05, 0) is 26.0 Å². The topological polar surface area (TPSA) is 68.0 Å². The lowest BCUT2D eigenvalue weighted by Crippen LogP contribution is -2.37. The van der Waals surface area contributed by atoms with Crippen molar-refractivity contribution in [1.29, 1.82) is 0 Å². The molecule has 0 atom stereocenters. The Morgan fingerprint density at radius 1 is 1.50 bits per heavy atom. The Morgan fingerprint density at radius 2 is 2.07 bits per heavy atom. The fraction of sp³-hybridized carbons (Fsp3) is 0.400. The first kappa shape index (κ1) is 10.5. The monoisotopic (exact) mass is 193 g/mol. The van der Waals surface area contributed by atoms with Crippen molar-refractivity contribution in [2.24, 2.45) is 11.1 Å². The maximum atomic E-state index is 11.0. The summed E-state index contributed by atoms with van der Waals surface area (Å²) < 4.78 is 0. The first-order valence-corrected chi connectivity index (χ1v) is 4.46. The number of amides is 1. The number of carbonyl (C=O) groups excluding carboxylic acids is 1. The Balaban J connectivity index is 2.53. The summed E-state index contributed by atoms with van der Waals surface area (Å²) >= 11 is 0. The van der Waals surface area contributed by atoms with Gasteiger partial charge in [0, 0.05) is 24.6 Å². The molecule has 0 aliphatic heterocycles. The van der Waals surface area contributed by atoms with Crippen LogP contribution in [0.5, 0.6) is 0 Å². The molecule has 0 bridgehead atoms. The third-order valence-corrected chi connectivity index (χ3v) is 2.08. The van der Waals surface area contributed by atoms with Crippen LogP contribution in [0.2, 0.25) is 0 Å². The maximum absolute atomic E-state index is 11.0. The molecular formula is C10H15N3O. The second-order valence-electron chi connectivity index (χ2n) is 3.84. The molecule has 0 spiro atoms. The molecule has 4 heteroatoms. The van der Waals surface area contributed by atoms with E-state index in [-0.39, 0.29) is 5.91 Å². The Bertz CT molecular complexity index is 308. The number of nitrogens with one attached hydrogen (secondary N) is 1. The normalized spacial score (nSPS) is 11.0. The van der Waals surface area contributed by atoms with E-state index in [2.05, 4.69) is 10.3 Å². The molecule has 0 aliphatic carbocycles. The molecule has 14 heavy (non-hydrogen) atoms. The van der Waals surface area contributed by atoms with Crippen molar-refractivity contribution in [3.05, 3.63) is 24.5 Å². The first-order valence-electron chi connectivity index (χ1n) is 4.46. The highest BCUT2D eigenvalue weighted by atomic mass is 16.1. The van der Waals surface area contributed by atoms with Gasteiger partial charge in [-0.15, -0.1) is 0 Å². The molecule has 1 rings (SSSR count). The van der Waals surface area contributed by atoms with Crippen molar-refractivity contribution in [3.63, 3.8) is 0 Å². The third kappa shape index (κ3) is 2.73. The zero-order valence-electron chi connectivity index (χ0n) is 8.45. The Labute approximate surface area is 83.5 Å². The Morgan fingerprint density at radius 3 is 2.57 bits per heavy atom. The average molecular weight is 193 g/mol. The van der Waals surface area contributed by atoms with Crippen LogP contribution in [0.3, 0.4) is 0 Å². The molecular weight excluding hydrogens is 178 g/mol. The van der Waals surface area contributed by atoms with Crippen LogP contribution in [0.15, 0.2) is 24.5 Å². The van der Waals surface area contributed by atoms with Gasteiger partial charge in [-0.3, -0.25) is 9.78 Å². The van der Waals surface area contributed by atoms with Gasteiger partial charge in [0.25, 0.3) is 0 Å². The highest BCUT2D eigenvalue weighted by molar-refractivity contribution is 5.80. The molecule has 0 fully saturated rings. The second kappa shape index (κ2) is 4.09. The lowest BCUT2D eigenvalue weighted by molar-refractivity contribution is -0.125. The number of carbonyl (C=O) groups is 1. The van der Waals surface area contributed by atoms with E-state index in [1.165, 1.54) is 0 Å². The van der Waals surface area contributed by atoms with E-state index in [1.54, 1.807) is 12.4 Å². The number of hydrogen-bond donors (Lipinski definition) is 2. The summed E-state index contributed by atoms with van der Waals surface area (Å²) in [6.07, 6.45) is 3.39. The standard InChI is InChI=1S/C10H15N3O/c1-10(2,9(11)14)7-13-8-3-5-12-6-4-8/h3-6H,7H2,1-2H3,(H2,11,14)(H,12,13). The molecule has 76 valence electrons. The minimum absolute atomic E-state index is 0.306. The van der Waals surface area contributed by atoms with Crippen molar-refractivity contribution in [1.82, 2.24) is 4.98 Å². The lowest BCUT2D eigenvalue weighted by atomic mass is 9.93. The molecule has 0 unspecified atom stereocenters. The molecule has 4 nitrogen and oxygen atoms in total. The van der Waals surface area contributed by atoms with E-state index >= 15 is 0 Å². The second-order valence-corrected chi connectivity index (χ2v) is 3.84. The van der Waals surface area contributed by atoms with Gasteiger partial charge in [0.2, 0.25) is 5.91 Å². The van der Waals surface area contributed by atoms with Crippen LogP contribution in [0, 0.1) is 5.41 Å². The molecule has 0 saturated carbocycles. The Kier molecular flexibility index (Phi) is 3.06. The molecule has 3 N–H and O–H groups in total. The van der Waals surface area contributed by atoms with Gasteiger partial charge in [-0.2, -0.15) is 0 Å². The van der Waals surface area contributed by atoms with Crippen LogP contribution in [0.1, 0.15) is 13.8 Å². The molecule has 0 aliphatic rings.